The van der Waals surface area contributed by atoms with Crippen LogP contribution >= 0.6 is 0 Å². The van der Waals surface area contributed by atoms with Gasteiger partial charge in [0.05, 0.1) is 5.56 Å². The molecule has 0 bridgehead atoms. The largest absolute Gasteiger partial charge is 0.488 e. The molecule has 0 saturated heterocycles. The highest BCUT2D eigenvalue weighted by atomic mass is 16.6. The molecule has 0 amide bonds. The molecule has 2 aliphatic rings. The lowest BCUT2D eigenvalue weighted by Crippen LogP contribution is -2.16. The quantitative estimate of drug-likeness (QED) is 0.767. The lowest BCUT2D eigenvalue weighted by molar-refractivity contribution is 0.211. The van der Waals surface area contributed by atoms with Gasteiger partial charge in [0.25, 0.3) is 5.89 Å². The van der Waals surface area contributed by atoms with Gasteiger partial charge in [-0.15, -0.1) is 5.10 Å². The molecule has 0 spiro atoms. The first kappa shape index (κ1) is 18.8. The summed E-state index contributed by atoms with van der Waals surface area (Å²) in [5.74, 6) is 1.39. The van der Waals surface area contributed by atoms with E-state index in [1.165, 1.54) is 5.57 Å². The Labute approximate surface area is 169 Å². The molecule has 2 N–H and O–H groups in total. The van der Waals surface area contributed by atoms with Gasteiger partial charge < -0.3 is 24.5 Å². The number of hydrogen-bond donors (Lipinski definition) is 1. The zero-order valence-electron chi connectivity index (χ0n) is 16.5. The number of allylic oxidation sites excluding steroid dienone is 4. The maximum absolute atomic E-state index is 6.14. The molecule has 8 nitrogen and oxygen atoms in total. The molecular weight excluding hydrogens is 370 g/mol. The molecule has 1 aliphatic heterocycles. The van der Waals surface area contributed by atoms with Gasteiger partial charge in [-0.25, -0.2) is 0 Å². The van der Waals surface area contributed by atoms with Crippen molar-refractivity contribution in [2.24, 2.45) is 4.99 Å². The van der Waals surface area contributed by atoms with Crippen LogP contribution in [0.15, 0.2) is 63.4 Å². The minimum absolute atomic E-state index is 0.0933. The van der Waals surface area contributed by atoms with Crippen LogP contribution in [0, 0.1) is 0 Å². The average Bonchev–Trinajstić information content (AvgIpc) is 3.17. The number of aromatic nitrogens is 2. The van der Waals surface area contributed by atoms with Crippen molar-refractivity contribution in [2.45, 2.75) is 19.3 Å². The van der Waals surface area contributed by atoms with Crippen molar-refractivity contribution in [2.75, 3.05) is 31.3 Å². The summed E-state index contributed by atoms with van der Waals surface area (Å²) in [7, 11) is 3.90. The van der Waals surface area contributed by atoms with Crippen LogP contribution in [0.4, 0.5) is 17.4 Å². The SMILES string of the molecule is CN(C)c1ccc(-c2nnc(N=C3COC=C(CC4=CC=CCC4)O3)o2)c(N)c1. The molecular formula is C21H23N5O3. The zero-order chi connectivity index (χ0) is 20.2. The van der Waals surface area contributed by atoms with E-state index in [0.29, 0.717) is 35.2 Å². The first-order valence-corrected chi connectivity index (χ1v) is 9.40. The Hall–Kier alpha value is -3.55. The van der Waals surface area contributed by atoms with Gasteiger partial charge >= 0.3 is 6.01 Å². The van der Waals surface area contributed by atoms with E-state index in [9.17, 15) is 0 Å². The minimum atomic E-state index is 0.0933. The summed E-state index contributed by atoms with van der Waals surface area (Å²) < 4.78 is 17.0. The van der Waals surface area contributed by atoms with Gasteiger partial charge in [-0.05, 0) is 31.0 Å². The molecule has 150 valence electrons. The fraction of sp³-hybridized carbons (Fsp3) is 0.286. The molecule has 0 fully saturated rings. The monoisotopic (exact) mass is 393 g/mol. The first-order chi connectivity index (χ1) is 14.1. The number of nitrogens with zero attached hydrogens (tertiary/aromatic N) is 4. The Morgan fingerprint density at radius 2 is 2.14 bits per heavy atom. The van der Waals surface area contributed by atoms with Crippen molar-refractivity contribution in [3.63, 3.8) is 0 Å². The van der Waals surface area contributed by atoms with Crippen molar-refractivity contribution < 1.29 is 13.9 Å². The predicted octanol–water partition coefficient (Wildman–Crippen LogP) is 3.97. The van der Waals surface area contributed by atoms with Crippen LogP contribution in [0.1, 0.15) is 19.3 Å². The smallest absolute Gasteiger partial charge is 0.345 e. The fourth-order valence-electron chi connectivity index (χ4n) is 3.07. The van der Waals surface area contributed by atoms with Crippen LogP contribution in [-0.2, 0) is 9.47 Å². The number of aliphatic imine (C=N–C) groups is 1. The van der Waals surface area contributed by atoms with Gasteiger partial charge in [0.2, 0.25) is 5.90 Å². The molecule has 0 atom stereocenters. The number of nitrogens with two attached hydrogens (primary N) is 1. The summed E-state index contributed by atoms with van der Waals surface area (Å²) in [5, 5.41) is 8.04. The molecule has 0 unspecified atom stereocenters. The molecule has 0 saturated carbocycles. The van der Waals surface area contributed by atoms with Gasteiger partial charge in [-0.2, -0.15) is 4.99 Å². The second-order valence-corrected chi connectivity index (χ2v) is 7.03. The van der Waals surface area contributed by atoms with Crippen molar-refractivity contribution in [1.29, 1.82) is 0 Å². The zero-order valence-corrected chi connectivity index (χ0v) is 16.5. The number of rotatable bonds is 5. The molecule has 1 aliphatic carbocycles. The highest BCUT2D eigenvalue weighted by molar-refractivity contribution is 5.81. The van der Waals surface area contributed by atoms with Crippen molar-refractivity contribution in [3.05, 3.63) is 54.0 Å². The van der Waals surface area contributed by atoms with Gasteiger partial charge in [0.15, 0.2) is 6.61 Å². The topological polar surface area (TPSA) is 99.0 Å². The molecule has 4 rings (SSSR count). The fourth-order valence-corrected chi connectivity index (χ4v) is 3.07. The van der Waals surface area contributed by atoms with Crippen LogP contribution in [0.2, 0.25) is 0 Å². The van der Waals surface area contributed by atoms with Gasteiger partial charge in [-0.1, -0.05) is 28.9 Å². The number of nitrogen functional groups attached to an aromatic ring is 1. The Kier molecular flexibility index (Phi) is 5.33. The summed E-state index contributed by atoms with van der Waals surface area (Å²) in [6.07, 6.45) is 10.7. The first-order valence-electron chi connectivity index (χ1n) is 9.40. The third-order valence-electron chi connectivity index (χ3n) is 4.59. The molecule has 2 heterocycles. The van der Waals surface area contributed by atoms with E-state index in [1.54, 1.807) is 6.26 Å². The highest BCUT2D eigenvalue weighted by Gasteiger charge is 2.17. The van der Waals surface area contributed by atoms with E-state index in [2.05, 4.69) is 33.4 Å². The third-order valence-corrected chi connectivity index (χ3v) is 4.59. The number of hydrogen-bond acceptors (Lipinski definition) is 8. The van der Waals surface area contributed by atoms with Gasteiger partial charge in [0, 0.05) is 31.9 Å². The lowest BCUT2D eigenvalue weighted by Gasteiger charge is -2.18. The van der Waals surface area contributed by atoms with Crippen LogP contribution in [0.5, 0.6) is 0 Å². The van der Waals surface area contributed by atoms with Crippen LogP contribution in [0.3, 0.4) is 0 Å². The van der Waals surface area contributed by atoms with Gasteiger partial charge in [0.1, 0.15) is 12.0 Å². The maximum atomic E-state index is 6.14. The normalized spacial score (nSPS) is 17.4. The summed E-state index contributed by atoms with van der Waals surface area (Å²) >= 11 is 0. The molecule has 1 aromatic carbocycles. The predicted molar refractivity (Wildman–Crippen MR) is 112 cm³/mol. The van der Waals surface area contributed by atoms with Crippen LogP contribution < -0.4 is 10.6 Å². The molecule has 29 heavy (non-hydrogen) atoms. The van der Waals surface area contributed by atoms with E-state index >= 15 is 0 Å². The highest BCUT2D eigenvalue weighted by Crippen LogP contribution is 2.30. The Bertz CT molecular complexity index is 1020. The minimum Gasteiger partial charge on any atom is -0.488 e. The molecule has 0 radical (unpaired) electrons. The van der Waals surface area contributed by atoms with Crippen LogP contribution in [-0.4, -0.2) is 36.8 Å². The number of anilines is 2. The maximum Gasteiger partial charge on any atom is 0.345 e. The molecule has 2 aromatic rings. The second kappa shape index (κ2) is 8.22. The summed E-state index contributed by atoms with van der Waals surface area (Å²) in [6.45, 7) is 0.208. The van der Waals surface area contributed by atoms with E-state index < -0.39 is 0 Å². The second-order valence-electron chi connectivity index (χ2n) is 7.03. The Balaban J connectivity index is 1.47. The lowest BCUT2D eigenvalue weighted by atomic mass is 10.0. The summed E-state index contributed by atoms with van der Waals surface area (Å²) in [6, 6.07) is 5.74. The average molecular weight is 393 g/mol. The van der Waals surface area contributed by atoms with E-state index in [-0.39, 0.29) is 12.6 Å². The van der Waals surface area contributed by atoms with E-state index in [0.717, 1.165) is 18.5 Å². The number of ether oxygens (including phenoxy) is 2. The summed E-state index contributed by atoms with van der Waals surface area (Å²) in [4.78, 5) is 6.26. The van der Waals surface area contributed by atoms with E-state index in [4.69, 9.17) is 19.6 Å². The number of benzene rings is 1. The Morgan fingerprint density at radius 3 is 2.90 bits per heavy atom. The third kappa shape index (κ3) is 4.48. The van der Waals surface area contributed by atoms with Crippen molar-refractivity contribution in [3.8, 4) is 11.5 Å². The molecule has 1 aromatic heterocycles. The van der Waals surface area contributed by atoms with Crippen molar-refractivity contribution >= 4 is 23.3 Å². The molecule has 8 heteroatoms. The Morgan fingerprint density at radius 1 is 1.24 bits per heavy atom. The summed E-state index contributed by atoms with van der Waals surface area (Å²) in [5.41, 5.74) is 9.63. The van der Waals surface area contributed by atoms with Gasteiger partial charge in [-0.3, -0.25) is 0 Å². The standard InChI is InChI=1S/C21H23N5O3/c1-26(2)15-8-9-17(18(22)11-15)20-24-25-21(29-20)23-19-13-27-12-16(28-19)10-14-6-4-3-5-7-14/h3-4,6,8-9,11-12H,5,7,10,13,22H2,1-2H3. The van der Waals surface area contributed by atoms with E-state index in [1.807, 2.05) is 37.2 Å². The van der Waals surface area contributed by atoms with Crippen molar-refractivity contribution in [1.82, 2.24) is 10.2 Å². The van der Waals surface area contributed by atoms with Crippen LogP contribution in [0.25, 0.3) is 11.5 Å².